The number of amides is 2. The fourth-order valence-electron chi connectivity index (χ4n) is 6.05. The fourth-order valence-corrected chi connectivity index (χ4v) is 7.60. The molecule has 0 saturated heterocycles. The zero-order valence-corrected chi connectivity index (χ0v) is 27.8. The van der Waals surface area contributed by atoms with Crippen LogP contribution in [0, 0.1) is 13.8 Å². The van der Waals surface area contributed by atoms with E-state index in [0.29, 0.717) is 10.7 Å². The molecule has 1 N–H and O–H groups in total. The lowest BCUT2D eigenvalue weighted by molar-refractivity contribution is -0.140. The van der Waals surface area contributed by atoms with E-state index >= 15 is 0 Å². The Labute approximate surface area is 277 Å². The van der Waals surface area contributed by atoms with Crippen molar-refractivity contribution in [2.45, 2.75) is 69.5 Å². The van der Waals surface area contributed by atoms with Crippen molar-refractivity contribution < 1.29 is 18.0 Å². The second-order valence-electron chi connectivity index (χ2n) is 12.0. The number of hydrogen-bond acceptors (Lipinski definition) is 4. The molecule has 0 aliphatic heterocycles. The van der Waals surface area contributed by atoms with Crippen molar-refractivity contribution in [1.29, 1.82) is 0 Å². The van der Waals surface area contributed by atoms with Gasteiger partial charge in [0.2, 0.25) is 11.8 Å². The summed E-state index contributed by atoms with van der Waals surface area (Å²) in [6.45, 7) is 3.39. The highest BCUT2D eigenvalue weighted by molar-refractivity contribution is 7.92. The van der Waals surface area contributed by atoms with Gasteiger partial charge in [-0.15, -0.1) is 0 Å². The Bertz CT molecular complexity index is 1720. The molecule has 0 radical (unpaired) electrons. The van der Waals surface area contributed by atoms with Gasteiger partial charge in [-0.3, -0.25) is 13.9 Å². The summed E-state index contributed by atoms with van der Waals surface area (Å²) in [5, 5.41) is 3.75. The third-order valence-electron chi connectivity index (χ3n) is 8.34. The molecular weight excluding hydrogens is 618 g/mol. The Kier molecular flexibility index (Phi) is 10.8. The minimum atomic E-state index is -4.15. The Balaban J connectivity index is 1.57. The Morgan fingerprint density at radius 3 is 2.02 bits per heavy atom. The van der Waals surface area contributed by atoms with Gasteiger partial charge in [-0.1, -0.05) is 91.2 Å². The second-order valence-corrected chi connectivity index (χ2v) is 14.3. The minimum absolute atomic E-state index is 0.0449. The summed E-state index contributed by atoms with van der Waals surface area (Å²) in [5.74, 6) is -0.738. The van der Waals surface area contributed by atoms with E-state index in [1.54, 1.807) is 42.5 Å². The Morgan fingerprint density at radius 1 is 0.826 bits per heavy atom. The first kappa shape index (κ1) is 33.2. The molecular formula is C37H40ClN3O4S. The number of carbonyl (C=O) groups is 2. The predicted molar refractivity (Wildman–Crippen MR) is 183 cm³/mol. The normalized spacial score (nSPS) is 14.1. The van der Waals surface area contributed by atoms with Crippen molar-refractivity contribution in [2.24, 2.45) is 0 Å². The van der Waals surface area contributed by atoms with Gasteiger partial charge in [0.1, 0.15) is 12.6 Å². The molecule has 0 aromatic heterocycles. The second kappa shape index (κ2) is 15.0. The number of carbonyl (C=O) groups excluding carboxylic acids is 2. The molecule has 0 spiro atoms. The summed E-state index contributed by atoms with van der Waals surface area (Å²) in [7, 11) is -4.15. The number of halogens is 1. The Morgan fingerprint density at radius 2 is 1.41 bits per heavy atom. The van der Waals surface area contributed by atoms with Gasteiger partial charge in [0.25, 0.3) is 10.0 Å². The lowest BCUT2D eigenvalue weighted by atomic mass is 10.0. The highest BCUT2D eigenvalue weighted by Gasteiger charge is 2.35. The SMILES string of the molecule is Cc1cc(C)cc(N(CC(=O)N(Cc2ccc(Cl)cc2)[C@H](Cc2ccccc2)C(=O)NC2CCCC2)S(=O)(=O)c2ccccc2)c1. The number of sulfonamides is 1. The van der Waals surface area contributed by atoms with Gasteiger partial charge in [-0.2, -0.15) is 0 Å². The maximum absolute atomic E-state index is 14.6. The third kappa shape index (κ3) is 8.36. The molecule has 1 saturated carbocycles. The summed E-state index contributed by atoms with van der Waals surface area (Å²) in [6.07, 6.45) is 4.15. The van der Waals surface area contributed by atoms with Gasteiger partial charge in [-0.25, -0.2) is 8.42 Å². The molecule has 0 unspecified atom stereocenters. The first-order valence-electron chi connectivity index (χ1n) is 15.6. The summed E-state index contributed by atoms with van der Waals surface area (Å²) >= 11 is 6.18. The maximum atomic E-state index is 14.6. The molecule has 0 heterocycles. The molecule has 5 rings (SSSR count). The van der Waals surface area contributed by atoms with Crippen LogP contribution in [0.2, 0.25) is 5.02 Å². The lowest BCUT2D eigenvalue weighted by Crippen LogP contribution is -2.54. The molecule has 0 bridgehead atoms. The van der Waals surface area contributed by atoms with E-state index in [1.807, 2.05) is 62.4 Å². The first-order valence-corrected chi connectivity index (χ1v) is 17.5. The zero-order chi connectivity index (χ0) is 32.7. The van der Waals surface area contributed by atoms with E-state index in [0.717, 1.165) is 52.2 Å². The molecule has 4 aromatic rings. The van der Waals surface area contributed by atoms with Crippen molar-refractivity contribution >= 4 is 39.1 Å². The molecule has 46 heavy (non-hydrogen) atoms. The average Bonchev–Trinajstić information content (AvgIpc) is 3.55. The van der Waals surface area contributed by atoms with Crippen molar-refractivity contribution in [1.82, 2.24) is 10.2 Å². The van der Waals surface area contributed by atoms with Crippen LogP contribution in [0.1, 0.15) is 47.9 Å². The number of nitrogens with one attached hydrogen (secondary N) is 1. The highest BCUT2D eigenvalue weighted by atomic mass is 35.5. The van der Waals surface area contributed by atoms with Crippen LogP contribution in [0.25, 0.3) is 0 Å². The van der Waals surface area contributed by atoms with Gasteiger partial charge < -0.3 is 10.2 Å². The standard InChI is InChI=1S/C37H40ClN3O4S/c1-27-21-28(2)23-33(22-27)41(46(44,45)34-15-7-4-8-16-34)26-36(42)40(25-30-17-19-31(38)20-18-30)35(24-29-11-5-3-6-12-29)37(43)39-32-13-9-10-14-32/h3-8,11-12,15-23,32,35H,9-10,13-14,24-26H2,1-2H3,(H,39,43)/t35-/m1/s1. The van der Waals surface area contributed by atoms with Crippen LogP contribution < -0.4 is 9.62 Å². The highest BCUT2D eigenvalue weighted by Crippen LogP contribution is 2.27. The van der Waals surface area contributed by atoms with Gasteiger partial charge in [0.15, 0.2) is 0 Å². The molecule has 1 fully saturated rings. The lowest BCUT2D eigenvalue weighted by Gasteiger charge is -2.34. The van der Waals surface area contributed by atoms with Crippen LogP contribution in [0.5, 0.6) is 0 Å². The van der Waals surface area contributed by atoms with Crippen molar-refractivity contribution in [3.05, 3.63) is 130 Å². The van der Waals surface area contributed by atoms with E-state index in [4.69, 9.17) is 11.6 Å². The summed E-state index contributed by atoms with van der Waals surface area (Å²) < 4.78 is 29.6. The van der Waals surface area contributed by atoms with Gasteiger partial charge >= 0.3 is 0 Å². The van der Waals surface area contributed by atoms with Crippen LogP contribution in [-0.2, 0) is 32.6 Å². The summed E-state index contributed by atoms with van der Waals surface area (Å²) in [6, 6.07) is 29.4. The number of rotatable bonds is 12. The van der Waals surface area contributed by atoms with Crippen LogP contribution in [-0.4, -0.2) is 43.8 Å². The number of aryl methyl sites for hydroxylation is 2. The smallest absolute Gasteiger partial charge is 0.264 e. The van der Waals surface area contributed by atoms with Gasteiger partial charge in [-0.05, 0) is 85.3 Å². The predicted octanol–water partition coefficient (Wildman–Crippen LogP) is 6.85. The summed E-state index contributed by atoms with van der Waals surface area (Å²) in [4.78, 5) is 30.3. The quantitative estimate of drug-likeness (QED) is 0.181. The molecule has 240 valence electrons. The minimum Gasteiger partial charge on any atom is -0.352 e. The molecule has 7 nitrogen and oxygen atoms in total. The van der Waals surface area contributed by atoms with Crippen LogP contribution in [0.3, 0.4) is 0 Å². The van der Waals surface area contributed by atoms with Crippen molar-refractivity contribution in [3.8, 4) is 0 Å². The van der Waals surface area contributed by atoms with Crippen LogP contribution in [0.15, 0.2) is 108 Å². The number of benzene rings is 4. The van der Waals surface area contributed by atoms with E-state index < -0.39 is 28.5 Å². The molecule has 2 amide bonds. The number of nitrogens with zero attached hydrogens (tertiary/aromatic N) is 2. The van der Waals surface area contributed by atoms with Gasteiger partial charge in [0.05, 0.1) is 10.6 Å². The molecule has 1 atom stereocenters. The molecule has 4 aromatic carbocycles. The van der Waals surface area contributed by atoms with Crippen molar-refractivity contribution in [3.63, 3.8) is 0 Å². The van der Waals surface area contributed by atoms with E-state index in [9.17, 15) is 18.0 Å². The molecule has 1 aliphatic rings. The zero-order valence-electron chi connectivity index (χ0n) is 26.2. The average molecular weight is 658 g/mol. The number of anilines is 1. The van der Waals surface area contributed by atoms with Crippen LogP contribution in [0.4, 0.5) is 5.69 Å². The largest absolute Gasteiger partial charge is 0.352 e. The third-order valence-corrected chi connectivity index (χ3v) is 10.4. The topological polar surface area (TPSA) is 86.8 Å². The first-order chi connectivity index (χ1) is 22.1. The van der Waals surface area contributed by atoms with E-state index in [1.165, 1.54) is 17.0 Å². The molecule has 9 heteroatoms. The van der Waals surface area contributed by atoms with Crippen LogP contribution >= 0.6 is 11.6 Å². The van der Waals surface area contributed by atoms with E-state index in [2.05, 4.69) is 5.32 Å². The summed E-state index contributed by atoms with van der Waals surface area (Å²) in [5.41, 5.74) is 3.79. The van der Waals surface area contributed by atoms with E-state index in [-0.39, 0.29) is 29.8 Å². The van der Waals surface area contributed by atoms with Crippen molar-refractivity contribution in [2.75, 3.05) is 10.8 Å². The molecule has 1 aliphatic carbocycles. The monoisotopic (exact) mass is 657 g/mol. The maximum Gasteiger partial charge on any atom is 0.264 e. The Hall–Kier alpha value is -4.14. The fraction of sp³-hybridized carbons (Fsp3) is 0.297. The van der Waals surface area contributed by atoms with Gasteiger partial charge in [0, 0.05) is 24.0 Å². The number of hydrogen-bond donors (Lipinski definition) is 1.